The summed E-state index contributed by atoms with van der Waals surface area (Å²) < 4.78 is 0. The highest BCUT2D eigenvalue weighted by Crippen LogP contribution is 2.32. The fraction of sp³-hybridized carbons (Fsp3) is 0.100. The van der Waals surface area contributed by atoms with Gasteiger partial charge in [-0.2, -0.15) is 0 Å². The molecule has 4 aromatic carbocycles. The van der Waals surface area contributed by atoms with Crippen LogP contribution in [0.4, 0.5) is 0 Å². The fourth-order valence-electron chi connectivity index (χ4n) is 3.26. The third-order valence-corrected chi connectivity index (χ3v) is 4.40. The first-order valence-corrected chi connectivity index (χ1v) is 7.39. The van der Waals surface area contributed by atoms with E-state index >= 15 is 0 Å². The van der Waals surface area contributed by atoms with Crippen LogP contribution in [-0.2, 0) is 13.2 Å². The Kier molecular flexibility index (Phi) is 3.07. The molecule has 0 aliphatic carbocycles. The lowest BCUT2D eigenvalue weighted by Crippen LogP contribution is -1.94. The smallest absolute Gasteiger partial charge is 0.0685 e. The molecule has 2 N–H and O–H groups in total. The van der Waals surface area contributed by atoms with Crippen LogP contribution in [0, 0.1) is 0 Å². The van der Waals surface area contributed by atoms with Gasteiger partial charge in [-0.15, -0.1) is 0 Å². The summed E-state index contributed by atoms with van der Waals surface area (Å²) in [4.78, 5) is 0. The Morgan fingerprint density at radius 2 is 1.18 bits per heavy atom. The summed E-state index contributed by atoms with van der Waals surface area (Å²) in [5.74, 6) is 0. The van der Waals surface area contributed by atoms with Crippen LogP contribution in [0.2, 0.25) is 0 Å². The van der Waals surface area contributed by atoms with Gasteiger partial charge in [-0.3, -0.25) is 0 Å². The molecule has 2 heteroatoms. The molecule has 4 aromatic rings. The molecule has 4 rings (SSSR count). The Balaban J connectivity index is 2.16. The van der Waals surface area contributed by atoms with Crippen LogP contribution in [-0.4, -0.2) is 10.2 Å². The van der Waals surface area contributed by atoms with Crippen molar-refractivity contribution in [1.82, 2.24) is 0 Å². The van der Waals surface area contributed by atoms with Crippen molar-refractivity contribution in [1.29, 1.82) is 0 Å². The highest BCUT2D eigenvalue weighted by atomic mass is 16.3. The van der Waals surface area contributed by atoms with E-state index in [0.29, 0.717) is 0 Å². The minimum Gasteiger partial charge on any atom is -0.392 e. The number of rotatable bonds is 2. The maximum atomic E-state index is 9.54. The summed E-state index contributed by atoms with van der Waals surface area (Å²) in [6.07, 6.45) is 0. The summed E-state index contributed by atoms with van der Waals surface area (Å²) >= 11 is 0. The SMILES string of the molecule is OCc1cc2ccc3c4ccccc4ccc3c2cc1CO. The van der Waals surface area contributed by atoms with E-state index in [1.54, 1.807) is 0 Å². The largest absolute Gasteiger partial charge is 0.392 e. The summed E-state index contributed by atoms with van der Waals surface area (Å²) in [5.41, 5.74) is 1.57. The molecular formula is C20H16O2. The van der Waals surface area contributed by atoms with Crippen molar-refractivity contribution < 1.29 is 10.2 Å². The maximum absolute atomic E-state index is 9.54. The van der Waals surface area contributed by atoms with E-state index in [1.807, 2.05) is 18.2 Å². The van der Waals surface area contributed by atoms with Crippen LogP contribution in [0.3, 0.4) is 0 Å². The maximum Gasteiger partial charge on any atom is 0.0685 e. The lowest BCUT2D eigenvalue weighted by atomic mass is 9.94. The molecule has 0 aliphatic rings. The van der Waals surface area contributed by atoms with Crippen LogP contribution >= 0.6 is 0 Å². The van der Waals surface area contributed by atoms with Crippen LogP contribution < -0.4 is 0 Å². The van der Waals surface area contributed by atoms with Gasteiger partial charge in [-0.25, -0.2) is 0 Å². The van der Waals surface area contributed by atoms with E-state index in [4.69, 9.17) is 0 Å². The number of benzene rings is 4. The minimum atomic E-state index is -0.0597. The van der Waals surface area contributed by atoms with E-state index in [1.165, 1.54) is 21.5 Å². The molecule has 0 aromatic heterocycles. The molecule has 0 saturated heterocycles. The van der Waals surface area contributed by atoms with Gasteiger partial charge in [0.2, 0.25) is 0 Å². The van der Waals surface area contributed by atoms with Crippen molar-refractivity contribution in [3.8, 4) is 0 Å². The molecule has 0 aliphatic heterocycles. The highest BCUT2D eigenvalue weighted by Gasteiger charge is 2.08. The average Bonchev–Trinajstić information content (AvgIpc) is 2.59. The van der Waals surface area contributed by atoms with Gasteiger partial charge in [0.1, 0.15) is 0 Å². The molecule has 0 fully saturated rings. The van der Waals surface area contributed by atoms with Gasteiger partial charge in [-0.05, 0) is 55.6 Å². The first-order chi connectivity index (χ1) is 10.8. The Hall–Kier alpha value is -2.42. The van der Waals surface area contributed by atoms with Crippen LogP contribution in [0.25, 0.3) is 32.3 Å². The standard InChI is InChI=1S/C20H16O2/c21-11-15-9-14-6-8-18-17-4-2-1-3-13(17)5-7-19(18)20(14)10-16(15)12-22/h1-10,21-22H,11-12H2. The molecule has 22 heavy (non-hydrogen) atoms. The van der Waals surface area contributed by atoms with Crippen molar-refractivity contribution in [3.05, 3.63) is 71.8 Å². The third kappa shape index (κ3) is 1.89. The van der Waals surface area contributed by atoms with Gasteiger partial charge >= 0.3 is 0 Å². The van der Waals surface area contributed by atoms with Crippen LogP contribution in [0.1, 0.15) is 11.1 Å². The monoisotopic (exact) mass is 288 g/mol. The Morgan fingerprint density at radius 1 is 0.545 bits per heavy atom. The average molecular weight is 288 g/mol. The summed E-state index contributed by atoms with van der Waals surface area (Å²) in [6.45, 7) is -0.114. The summed E-state index contributed by atoms with van der Waals surface area (Å²) in [5, 5.41) is 26.0. The number of aliphatic hydroxyl groups is 2. The van der Waals surface area contributed by atoms with E-state index in [-0.39, 0.29) is 13.2 Å². The van der Waals surface area contributed by atoms with E-state index in [2.05, 4.69) is 42.5 Å². The van der Waals surface area contributed by atoms with Crippen molar-refractivity contribution in [2.45, 2.75) is 13.2 Å². The zero-order valence-corrected chi connectivity index (χ0v) is 12.1. The molecule has 0 heterocycles. The molecule has 108 valence electrons. The topological polar surface area (TPSA) is 40.5 Å². The first-order valence-electron chi connectivity index (χ1n) is 7.39. The number of fused-ring (bicyclic) bond motifs is 5. The van der Waals surface area contributed by atoms with Gasteiger partial charge in [0.05, 0.1) is 13.2 Å². The van der Waals surface area contributed by atoms with E-state index in [9.17, 15) is 10.2 Å². The van der Waals surface area contributed by atoms with Gasteiger partial charge in [0, 0.05) is 0 Å². The number of aliphatic hydroxyl groups excluding tert-OH is 2. The molecule has 0 spiro atoms. The Labute approximate surface area is 128 Å². The molecule has 0 saturated carbocycles. The van der Waals surface area contributed by atoms with Crippen molar-refractivity contribution in [3.63, 3.8) is 0 Å². The quantitative estimate of drug-likeness (QED) is 0.544. The lowest BCUT2D eigenvalue weighted by Gasteiger charge is -2.11. The van der Waals surface area contributed by atoms with Gasteiger partial charge in [0.25, 0.3) is 0 Å². The fourth-order valence-corrected chi connectivity index (χ4v) is 3.26. The van der Waals surface area contributed by atoms with Crippen molar-refractivity contribution in [2.75, 3.05) is 0 Å². The van der Waals surface area contributed by atoms with Gasteiger partial charge < -0.3 is 10.2 Å². The zero-order valence-electron chi connectivity index (χ0n) is 12.1. The van der Waals surface area contributed by atoms with Crippen LogP contribution in [0.5, 0.6) is 0 Å². The summed E-state index contributed by atoms with van der Waals surface area (Å²) in [7, 11) is 0. The molecule has 0 unspecified atom stereocenters. The van der Waals surface area contributed by atoms with Crippen LogP contribution in [0.15, 0.2) is 60.7 Å². The Morgan fingerprint density at radius 3 is 1.95 bits per heavy atom. The second-order valence-electron chi connectivity index (χ2n) is 5.61. The van der Waals surface area contributed by atoms with Crippen molar-refractivity contribution >= 4 is 32.3 Å². The Bertz CT molecular complexity index is 1000. The highest BCUT2D eigenvalue weighted by molar-refractivity contribution is 6.17. The zero-order chi connectivity index (χ0) is 15.1. The van der Waals surface area contributed by atoms with Crippen molar-refractivity contribution in [2.24, 2.45) is 0 Å². The molecule has 0 amide bonds. The predicted molar refractivity (Wildman–Crippen MR) is 90.8 cm³/mol. The third-order valence-electron chi connectivity index (χ3n) is 4.40. The second-order valence-corrected chi connectivity index (χ2v) is 5.61. The molecule has 0 bridgehead atoms. The van der Waals surface area contributed by atoms with E-state index < -0.39 is 0 Å². The first kappa shape index (κ1) is 13.3. The van der Waals surface area contributed by atoms with Gasteiger partial charge in [0.15, 0.2) is 0 Å². The predicted octanol–water partition coefficient (Wildman–Crippen LogP) is 4.13. The molecule has 2 nitrogen and oxygen atoms in total. The lowest BCUT2D eigenvalue weighted by molar-refractivity contribution is 0.260. The normalized spacial score (nSPS) is 11.5. The molecule has 0 atom stereocenters. The molecular weight excluding hydrogens is 272 g/mol. The van der Waals surface area contributed by atoms with Gasteiger partial charge in [-0.1, -0.05) is 48.5 Å². The summed E-state index contributed by atoms with van der Waals surface area (Å²) in [6, 6.07) is 20.8. The second kappa shape index (κ2) is 5.09. The number of hydrogen-bond donors (Lipinski definition) is 2. The minimum absolute atomic E-state index is 0.0540. The van der Waals surface area contributed by atoms with E-state index in [0.717, 1.165) is 21.9 Å². The number of hydrogen-bond acceptors (Lipinski definition) is 2. The molecule has 0 radical (unpaired) electrons.